The summed E-state index contributed by atoms with van der Waals surface area (Å²) >= 11 is 0. The average molecular weight is 508 g/mol. The molecule has 2 heterocycles. The van der Waals surface area contributed by atoms with Crippen LogP contribution in [-0.2, 0) is 4.79 Å². The number of rotatable bonds is 8. The number of anilines is 1. The van der Waals surface area contributed by atoms with Gasteiger partial charge < -0.3 is 19.9 Å². The number of amides is 1. The Morgan fingerprint density at radius 1 is 1.22 bits per heavy atom. The standard InChI is InChI=1S/C26H36F3N5O2/c1-5-6-17-13-18(33(4)16(2)3)7-10-23(17)34-12-11-22(25(34)35)32-24-20-14-19(36-26(27,28)29)8-9-21(20)30-15-31-24/h8-9,14-18,22-23H,5-7,10-13H2,1-4H3,(H,30,31,32)/t17-,18-,22+,23+/m1/s1. The molecular weight excluding hydrogens is 471 g/mol. The van der Waals surface area contributed by atoms with Crippen molar-refractivity contribution in [3.05, 3.63) is 24.5 Å². The number of aromatic nitrogens is 2. The van der Waals surface area contributed by atoms with Gasteiger partial charge in [0.25, 0.3) is 0 Å². The van der Waals surface area contributed by atoms with Gasteiger partial charge in [-0.3, -0.25) is 4.79 Å². The van der Waals surface area contributed by atoms with E-state index in [2.05, 4.69) is 52.7 Å². The highest BCUT2D eigenvalue weighted by Crippen LogP contribution is 2.37. The minimum Gasteiger partial charge on any atom is -0.406 e. The quantitative estimate of drug-likeness (QED) is 0.528. The van der Waals surface area contributed by atoms with E-state index in [9.17, 15) is 18.0 Å². The van der Waals surface area contributed by atoms with E-state index in [0.29, 0.717) is 47.7 Å². The third-order valence-corrected chi connectivity index (χ3v) is 7.76. The number of carbonyl (C=O) groups is 1. The summed E-state index contributed by atoms with van der Waals surface area (Å²) in [5.41, 5.74) is 0.472. The molecular formula is C26H36F3N5O2. The Hall–Kier alpha value is -2.62. The summed E-state index contributed by atoms with van der Waals surface area (Å²) in [6, 6.07) is 4.69. The molecule has 1 N–H and O–H groups in total. The lowest BCUT2D eigenvalue weighted by molar-refractivity contribution is -0.274. The van der Waals surface area contributed by atoms with Crippen LogP contribution < -0.4 is 10.1 Å². The molecule has 1 saturated carbocycles. The molecule has 7 nitrogen and oxygen atoms in total. The fourth-order valence-electron chi connectivity index (χ4n) is 5.78. The summed E-state index contributed by atoms with van der Waals surface area (Å²) in [4.78, 5) is 26.4. The molecule has 0 radical (unpaired) electrons. The number of carbonyl (C=O) groups excluding carboxylic acids is 1. The second-order valence-corrected chi connectivity index (χ2v) is 10.3. The summed E-state index contributed by atoms with van der Waals surface area (Å²) in [5.74, 6) is 0.476. The van der Waals surface area contributed by atoms with Gasteiger partial charge in [0.2, 0.25) is 5.91 Å². The summed E-state index contributed by atoms with van der Waals surface area (Å²) in [6.45, 7) is 7.30. The van der Waals surface area contributed by atoms with Gasteiger partial charge in [0.1, 0.15) is 23.9 Å². The Bertz CT molecular complexity index is 1060. The molecule has 0 unspecified atom stereocenters. The zero-order valence-electron chi connectivity index (χ0n) is 21.4. The van der Waals surface area contributed by atoms with E-state index in [1.807, 2.05) is 4.90 Å². The van der Waals surface area contributed by atoms with Crippen LogP contribution in [0, 0.1) is 5.92 Å². The van der Waals surface area contributed by atoms with Crippen LogP contribution in [0.5, 0.6) is 5.75 Å². The molecule has 198 valence electrons. The Morgan fingerprint density at radius 3 is 2.69 bits per heavy atom. The van der Waals surface area contributed by atoms with Gasteiger partial charge in [-0.2, -0.15) is 0 Å². The van der Waals surface area contributed by atoms with Gasteiger partial charge in [-0.05, 0) is 77.1 Å². The number of halogens is 3. The van der Waals surface area contributed by atoms with Crippen LogP contribution in [0.4, 0.5) is 19.0 Å². The second-order valence-electron chi connectivity index (χ2n) is 10.3. The van der Waals surface area contributed by atoms with Crippen molar-refractivity contribution in [2.24, 2.45) is 5.92 Å². The lowest BCUT2D eigenvalue weighted by Crippen LogP contribution is -2.51. The molecule has 2 aromatic rings. The number of alkyl halides is 3. The SMILES string of the molecule is CCC[C@@H]1C[C@H](N(C)C(C)C)CC[C@@H]1N1CC[C@H](Nc2ncnc3ccc(OC(F)(F)F)cc23)C1=O. The first-order valence-corrected chi connectivity index (χ1v) is 12.9. The maximum atomic E-state index is 13.5. The Morgan fingerprint density at radius 2 is 2.00 bits per heavy atom. The van der Waals surface area contributed by atoms with Crippen molar-refractivity contribution in [3.63, 3.8) is 0 Å². The van der Waals surface area contributed by atoms with Gasteiger partial charge in [-0.25, -0.2) is 9.97 Å². The molecule has 1 aliphatic carbocycles. The average Bonchev–Trinajstić information content (AvgIpc) is 3.17. The molecule has 4 rings (SSSR count). The molecule has 2 fully saturated rings. The molecule has 1 saturated heterocycles. The molecule has 36 heavy (non-hydrogen) atoms. The number of ether oxygens (including phenoxy) is 1. The number of fused-ring (bicyclic) bond motifs is 1. The molecule has 1 aromatic carbocycles. The van der Waals surface area contributed by atoms with Crippen molar-refractivity contribution in [3.8, 4) is 5.75 Å². The van der Waals surface area contributed by atoms with Crippen LogP contribution >= 0.6 is 0 Å². The van der Waals surface area contributed by atoms with Crippen molar-refractivity contribution in [1.82, 2.24) is 19.8 Å². The minimum absolute atomic E-state index is 0.0335. The van der Waals surface area contributed by atoms with E-state index in [0.717, 1.165) is 32.1 Å². The fourth-order valence-corrected chi connectivity index (χ4v) is 5.78. The van der Waals surface area contributed by atoms with Crippen molar-refractivity contribution in [2.75, 3.05) is 18.9 Å². The number of hydrogen-bond donors (Lipinski definition) is 1. The summed E-state index contributed by atoms with van der Waals surface area (Å²) in [7, 11) is 2.19. The van der Waals surface area contributed by atoms with Gasteiger partial charge in [0.15, 0.2) is 0 Å². The number of hydrogen-bond acceptors (Lipinski definition) is 6. The van der Waals surface area contributed by atoms with Gasteiger partial charge in [0, 0.05) is 30.1 Å². The Kier molecular flexibility index (Phi) is 7.92. The number of likely N-dealkylation sites (tertiary alicyclic amines) is 1. The highest BCUT2D eigenvalue weighted by molar-refractivity contribution is 5.93. The molecule has 1 aromatic heterocycles. The van der Waals surface area contributed by atoms with Crippen molar-refractivity contribution in [2.45, 2.75) is 89.8 Å². The van der Waals surface area contributed by atoms with E-state index in [-0.39, 0.29) is 17.7 Å². The zero-order chi connectivity index (χ0) is 26.0. The third kappa shape index (κ3) is 5.85. The first kappa shape index (κ1) is 26.4. The molecule has 1 amide bonds. The molecule has 1 aliphatic heterocycles. The first-order valence-electron chi connectivity index (χ1n) is 12.9. The first-order chi connectivity index (χ1) is 17.1. The predicted molar refractivity (Wildman–Crippen MR) is 133 cm³/mol. The Balaban J connectivity index is 1.49. The summed E-state index contributed by atoms with van der Waals surface area (Å²) in [6.07, 6.45) is 2.49. The fraction of sp³-hybridized carbons (Fsp3) is 0.654. The van der Waals surface area contributed by atoms with Crippen molar-refractivity contribution in [1.29, 1.82) is 0 Å². The molecule has 4 atom stereocenters. The largest absolute Gasteiger partial charge is 0.573 e. The molecule has 0 spiro atoms. The van der Waals surface area contributed by atoms with Crippen molar-refractivity contribution < 1.29 is 22.7 Å². The number of benzene rings is 1. The van der Waals surface area contributed by atoms with Crippen LogP contribution in [0.25, 0.3) is 10.9 Å². The summed E-state index contributed by atoms with van der Waals surface area (Å²) in [5, 5.41) is 3.58. The highest BCUT2D eigenvalue weighted by atomic mass is 19.4. The van der Waals surface area contributed by atoms with Crippen molar-refractivity contribution >= 4 is 22.6 Å². The summed E-state index contributed by atoms with van der Waals surface area (Å²) < 4.78 is 42.2. The van der Waals surface area contributed by atoms with Crippen LogP contribution in [0.1, 0.15) is 59.3 Å². The number of nitrogens with one attached hydrogen (secondary N) is 1. The van der Waals surface area contributed by atoms with E-state index in [4.69, 9.17) is 0 Å². The lowest BCUT2D eigenvalue weighted by Gasteiger charge is -2.44. The Labute approximate surface area is 210 Å². The van der Waals surface area contributed by atoms with Crippen LogP contribution in [0.2, 0.25) is 0 Å². The zero-order valence-corrected chi connectivity index (χ0v) is 21.4. The van der Waals surface area contributed by atoms with Gasteiger partial charge >= 0.3 is 6.36 Å². The van der Waals surface area contributed by atoms with E-state index in [1.165, 1.54) is 24.5 Å². The smallest absolute Gasteiger partial charge is 0.406 e. The van der Waals surface area contributed by atoms with Crippen LogP contribution in [-0.4, -0.2) is 69.8 Å². The maximum absolute atomic E-state index is 13.5. The highest BCUT2D eigenvalue weighted by Gasteiger charge is 2.42. The number of nitrogens with zero attached hydrogens (tertiary/aromatic N) is 4. The van der Waals surface area contributed by atoms with E-state index >= 15 is 0 Å². The molecule has 2 aliphatic rings. The normalized spacial score (nSPS) is 25.2. The van der Waals surface area contributed by atoms with Gasteiger partial charge in [0.05, 0.1) is 5.52 Å². The second kappa shape index (κ2) is 10.8. The minimum atomic E-state index is -4.79. The van der Waals surface area contributed by atoms with Crippen LogP contribution in [0.15, 0.2) is 24.5 Å². The predicted octanol–water partition coefficient (Wildman–Crippen LogP) is 5.22. The molecule has 10 heteroatoms. The molecule has 0 bridgehead atoms. The van der Waals surface area contributed by atoms with Crippen LogP contribution in [0.3, 0.4) is 0 Å². The van der Waals surface area contributed by atoms with E-state index < -0.39 is 12.4 Å². The van der Waals surface area contributed by atoms with Gasteiger partial charge in [-0.15, -0.1) is 13.2 Å². The topological polar surface area (TPSA) is 70.6 Å². The third-order valence-electron chi connectivity index (χ3n) is 7.76. The van der Waals surface area contributed by atoms with Gasteiger partial charge in [-0.1, -0.05) is 13.3 Å². The lowest BCUT2D eigenvalue weighted by atomic mass is 9.77. The maximum Gasteiger partial charge on any atom is 0.573 e. The van der Waals surface area contributed by atoms with E-state index in [1.54, 1.807) is 0 Å². The monoisotopic (exact) mass is 507 g/mol.